The number of hydrogen-bond donors (Lipinski definition) is 1. The van der Waals surface area contributed by atoms with Crippen molar-refractivity contribution in [2.24, 2.45) is 0 Å². The van der Waals surface area contributed by atoms with Crippen molar-refractivity contribution in [1.29, 1.82) is 0 Å². The third-order valence-corrected chi connectivity index (χ3v) is 6.65. The second-order valence-electron chi connectivity index (χ2n) is 10.00. The number of hydrogen-bond acceptors (Lipinski definition) is 6. The van der Waals surface area contributed by atoms with Gasteiger partial charge in [-0.05, 0) is 68.1 Å². The number of nitrogens with zero attached hydrogens (tertiary/aromatic N) is 3. The Balaban J connectivity index is 0.00000387. The van der Waals surface area contributed by atoms with Crippen LogP contribution in [0.25, 0.3) is 28.2 Å². The van der Waals surface area contributed by atoms with E-state index in [2.05, 4.69) is 17.1 Å². The Morgan fingerprint density at radius 1 is 0.951 bits per heavy atom. The summed E-state index contributed by atoms with van der Waals surface area (Å²) >= 11 is 0. The van der Waals surface area contributed by atoms with Gasteiger partial charge in [-0.15, -0.1) is 0 Å². The van der Waals surface area contributed by atoms with Crippen molar-refractivity contribution in [3.8, 4) is 34.0 Å². The molecule has 0 unspecified atom stereocenters. The molecule has 0 atom stereocenters. The number of aryl methyl sites for hydroxylation is 2. The molecule has 0 saturated carbocycles. The van der Waals surface area contributed by atoms with Crippen LogP contribution in [0.5, 0.6) is 5.75 Å². The van der Waals surface area contributed by atoms with E-state index in [9.17, 15) is 9.59 Å². The van der Waals surface area contributed by atoms with Gasteiger partial charge in [-0.2, -0.15) is 0 Å². The Labute approximate surface area is 281 Å². The second kappa shape index (κ2) is 13.7. The molecule has 0 aliphatic rings. The van der Waals surface area contributed by atoms with E-state index in [0.29, 0.717) is 23.6 Å². The minimum atomic E-state index is -0.597. The quantitative estimate of drug-likeness (QED) is 0.241. The van der Waals surface area contributed by atoms with Gasteiger partial charge in [-0.1, -0.05) is 67.0 Å². The van der Waals surface area contributed by atoms with Crippen molar-refractivity contribution in [1.82, 2.24) is 19.7 Å². The van der Waals surface area contributed by atoms with Crippen molar-refractivity contribution < 1.29 is 9.26 Å². The van der Waals surface area contributed by atoms with E-state index in [1.165, 1.54) is 0 Å². The Morgan fingerprint density at radius 3 is 2.24 bits per heavy atom. The molecule has 0 fully saturated rings. The van der Waals surface area contributed by atoms with Crippen LogP contribution in [0.1, 0.15) is 49.8 Å². The normalized spacial score (nSPS) is 11.0. The molecule has 0 aliphatic carbocycles. The Bertz CT molecular complexity index is 1740. The number of benzene rings is 3. The van der Waals surface area contributed by atoms with E-state index in [0.717, 1.165) is 52.2 Å². The molecule has 0 saturated heterocycles. The average Bonchev–Trinajstić information content (AvgIpc) is 3.38. The summed E-state index contributed by atoms with van der Waals surface area (Å²) in [5, 5.41) is 3.85. The predicted molar refractivity (Wildman–Crippen MR) is 162 cm³/mol. The maximum atomic E-state index is 13.9. The fraction of sp³-hybridized carbons (Fsp3) is 0.250. The van der Waals surface area contributed by atoms with E-state index in [4.69, 9.17) is 14.2 Å². The van der Waals surface area contributed by atoms with E-state index >= 15 is 0 Å². The Kier molecular flexibility index (Phi) is 10.3. The minimum absolute atomic E-state index is 0. The predicted octanol–water partition coefficient (Wildman–Crippen LogP) is 5.23. The topological polar surface area (TPSA) is 103 Å². The van der Waals surface area contributed by atoms with E-state index in [-0.39, 0.29) is 63.0 Å². The van der Waals surface area contributed by atoms with Crippen LogP contribution in [0.4, 0.5) is 0 Å². The van der Waals surface area contributed by atoms with Gasteiger partial charge in [-0.25, -0.2) is 9.78 Å². The van der Waals surface area contributed by atoms with Gasteiger partial charge in [0.15, 0.2) is 5.82 Å². The van der Waals surface area contributed by atoms with Crippen molar-refractivity contribution >= 4 is 51.4 Å². The molecule has 0 aliphatic heterocycles. The van der Waals surface area contributed by atoms with Crippen LogP contribution in [0.3, 0.4) is 0 Å². The van der Waals surface area contributed by atoms with Gasteiger partial charge in [-0.3, -0.25) is 18.9 Å². The van der Waals surface area contributed by atoms with Gasteiger partial charge in [0.05, 0.1) is 17.5 Å². The van der Waals surface area contributed by atoms with Gasteiger partial charge in [0.1, 0.15) is 11.6 Å². The molecule has 3 aromatic carbocycles. The molecule has 8 nitrogen and oxygen atoms in total. The summed E-state index contributed by atoms with van der Waals surface area (Å²) < 4.78 is 12.1. The van der Waals surface area contributed by atoms with E-state index in [1.54, 1.807) is 4.57 Å². The average molecular weight is 577 g/mol. The summed E-state index contributed by atoms with van der Waals surface area (Å²) in [5.74, 6) is 1.20. The first-order valence-electron chi connectivity index (χ1n) is 13.5. The number of aromatic amines is 1. The fourth-order valence-electron chi connectivity index (χ4n) is 4.88. The van der Waals surface area contributed by atoms with Crippen molar-refractivity contribution in [2.75, 3.05) is 0 Å². The standard InChI is InChI=1S/C32H32N4O4.K.H/c1-5-8-29-28(31(37)36(21(4)33-29)24-15-17-25(18-16-24)39-20(2)3)19-22-11-13-23(14-12-22)26-9-6-7-10-27(26)30-34-32(38)40-35-30;;/h6-7,9-18,20H,5,8,19H2,1-4H3,(H,34,35,38);;. The van der Waals surface area contributed by atoms with Crippen molar-refractivity contribution in [2.45, 2.75) is 53.1 Å². The Morgan fingerprint density at radius 2 is 1.63 bits per heavy atom. The summed E-state index contributed by atoms with van der Waals surface area (Å²) in [6, 6.07) is 23.3. The van der Waals surface area contributed by atoms with Gasteiger partial charge in [0.2, 0.25) is 0 Å². The zero-order chi connectivity index (χ0) is 28.2. The summed E-state index contributed by atoms with van der Waals surface area (Å²) in [5.41, 5.74) is 5.87. The SMILES string of the molecule is CCCc1nc(C)n(-c2ccc(OC(C)C)cc2)c(=O)c1Cc1ccc(-c2ccccc2-c2noc(=O)[nH]2)cc1.[KH]. The number of H-pyrrole nitrogens is 1. The molecule has 2 heterocycles. The van der Waals surface area contributed by atoms with E-state index < -0.39 is 5.76 Å². The van der Waals surface area contributed by atoms with Gasteiger partial charge in [0, 0.05) is 17.5 Å². The van der Waals surface area contributed by atoms with Gasteiger partial charge in [0.25, 0.3) is 5.56 Å². The van der Waals surface area contributed by atoms with Crippen LogP contribution in [0.15, 0.2) is 86.9 Å². The first kappa shape index (κ1) is 30.9. The molecule has 5 aromatic rings. The zero-order valence-corrected chi connectivity index (χ0v) is 23.1. The second-order valence-corrected chi connectivity index (χ2v) is 10.00. The monoisotopic (exact) mass is 576 g/mol. The zero-order valence-electron chi connectivity index (χ0n) is 23.1. The summed E-state index contributed by atoms with van der Waals surface area (Å²) in [4.78, 5) is 32.9. The third kappa shape index (κ3) is 7.05. The first-order chi connectivity index (χ1) is 19.3. The summed E-state index contributed by atoms with van der Waals surface area (Å²) in [6.45, 7) is 7.93. The summed E-state index contributed by atoms with van der Waals surface area (Å²) in [7, 11) is 0. The summed E-state index contributed by atoms with van der Waals surface area (Å²) in [6.07, 6.45) is 2.16. The van der Waals surface area contributed by atoms with Crippen LogP contribution in [0.2, 0.25) is 0 Å². The molecular weight excluding hydrogens is 543 g/mol. The molecule has 206 valence electrons. The van der Waals surface area contributed by atoms with Crippen molar-refractivity contribution in [3.63, 3.8) is 0 Å². The number of aromatic nitrogens is 4. The van der Waals surface area contributed by atoms with Crippen LogP contribution in [-0.4, -0.2) is 77.2 Å². The van der Waals surface area contributed by atoms with Crippen molar-refractivity contribution in [3.05, 3.63) is 116 Å². The molecule has 1 N–H and O–H groups in total. The van der Waals surface area contributed by atoms with Crippen LogP contribution in [-0.2, 0) is 12.8 Å². The third-order valence-electron chi connectivity index (χ3n) is 6.65. The van der Waals surface area contributed by atoms with E-state index in [1.807, 2.05) is 93.6 Å². The molecule has 0 bridgehead atoms. The van der Waals surface area contributed by atoms with Crippen LogP contribution >= 0.6 is 0 Å². The number of ether oxygens (including phenoxy) is 1. The van der Waals surface area contributed by atoms with Crippen LogP contribution < -0.4 is 16.1 Å². The number of rotatable bonds is 9. The molecular formula is C32H33KN4O4. The molecule has 0 spiro atoms. The molecule has 0 radical (unpaired) electrons. The number of nitrogens with one attached hydrogen (secondary N) is 1. The molecule has 9 heteroatoms. The molecule has 2 aromatic heterocycles. The Hall–Kier alpha value is -3.08. The first-order valence-corrected chi connectivity index (χ1v) is 13.5. The maximum absolute atomic E-state index is 13.9. The fourth-order valence-corrected chi connectivity index (χ4v) is 4.88. The van der Waals surface area contributed by atoms with Gasteiger partial charge >= 0.3 is 57.1 Å². The molecule has 41 heavy (non-hydrogen) atoms. The molecule has 5 rings (SSSR count). The van der Waals surface area contributed by atoms with Gasteiger partial charge < -0.3 is 4.74 Å². The molecule has 0 amide bonds. The van der Waals surface area contributed by atoms with Crippen LogP contribution in [0, 0.1) is 6.92 Å².